The SMILES string of the molecule is Cn1cc([C@@H]2NC(=O)CC[C@H]2Nc2nc3c(F)cccc3o2)cn1. The summed E-state index contributed by atoms with van der Waals surface area (Å²) in [7, 11) is 1.82. The molecule has 1 aliphatic heterocycles. The van der Waals surface area contributed by atoms with E-state index in [-0.39, 0.29) is 29.5 Å². The Labute approximate surface area is 136 Å². The van der Waals surface area contributed by atoms with Crippen LogP contribution in [0.4, 0.5) is 10.4 Å². The molecule has 2 aromatic heterocycles. The summed E-state index contributed by atoms with van der Waals surface area (Å²) in [6.45, 7) is 0. The van der Waals surface area contributed by atoms with Gasteiger partial charge < -0.3 is 15.1 Å². The molecule has 3 aromatic rings. The predicted molar refractivity (Wildman–Crippen MR) is 84.7 cm³/mol. The molecule has 24 heavy (non-hydrogen) atoms. The molecule has 7 nitrogen and oxygen atoms in total. The zero-order valence-corrected chi connectivity index (χ0v) is 13.0. The lowest BCUT2D eigenvalue weighted by Crippen LogP contribution is -2.45. The number of benzene rings is 1. The standard InChI is InChI=1S/C16H16FN5O2/c1-22-8-9(7-18-22)14-11(5-6-13(23)20-14)19-16-21-15-10(17)3-2-4-12(15)24-16/h2-4,7-8,11,14H,5-6H2,1H3,(H,19,21)(H,20,23)/t11-,14+/m1/s1. The lowest BCUT2D eigenvalue weighted by molar-refractivity contribution is -0.123. The van der Waals surface area contributed by atoms with Crippen LogP contribution >= 0.6 is 0 Å². The summed E-state index contributed by atoms with van der Waals surface area (Å²) in [5.74, 6) is -0.435. The van der Waals surface area contributed by atoms with Crippen LogP contribution in [0.1, 0.15) is 24.4 Å². The van der Waals surface area contributed by atoms with E-state index in [2.05, 4.69) is 20.7 Å². The summed E-state index contributed by atoms with van der Waals surface area (Å²) >= 11 is 0. The number of anilines is 1. The number of nitrogens with zero attached hydrogens (tertiary/aromatic N) is 3. The van der Waals surface area contributed by atoms with Gasteiger partial charge in [-0.3, -0.25) is 9.48 Å². The topological polar surface area (TPSA) is 85.0 Å². The van der Waals surface area contributed by atoms with Crippen molar-refractivity contribution >= 4 is 23.0 Å². The zero-order chi connectivity index (χ0) is 16.7. The second-order valence-corrected chi connectivity index (χ2v) is 5.89. The summed E-state index contributed by atoms with van der Waals surface area (Å²) in [6.07, 6.45) is 4.60. The molecule has 0 bridgehead atoms. The normalized spacial score (nSPS) is 21.0. The summed E-state index contributed by atoms with van der Waals surface area (Å²) in [4.78, 5) is 16.0. The first-order valence-electron chi connectivity index (χ1n) is 7.69. The van der Waals surface area contributed by atoms with Crippen LogP contribution in [0.5, 0.6) is 0 Å². The van der Waals surface area contributed by atoms with Crippen LogP contribution in [0, 0.1) is 5.82 Å². The van der Waals surface area contributed by atoms with E-state index in [0.717, 1.165) is 5.56 Å². The number of hydrogen-bond donors (Lipinski definition) is 2. The first-order valence-corrected chi connectivity index (χ1v) is 7.69. The number of carbonyl (C=O) groups is 1. The van der Waals surface area contributed by atoms with Crippen LogP contribution in [0.3, 0.4) is 0 Å². The second kappa shape index (κ2) is 5.63. The van der Waals surface area contributed by atoms with Gasteiger partial charge in [0.1, 0.15) is 5.52 Å². The Bertz CT molecular complexity index is 903. The number of piperidine rings is 1. The average molecular weight is 329 g/mol. The van der Waals surface area contributed by atoms with Crippen LogP contribution in [0.2, 0.25) is 0 Å². The van der Waals surface area contributed by atoms with Gasteiger partial charge in [0.05, 0.1) is 18.3 Å². The van der Waals surface area contributed by atoms with Crippen LogP contribution in [0.25, 0.3) is 11.1 Å². The zero-order valence-electron chi connectivity index (χ0n) is 13.0. The number of fused-ring (bicyclic) bond motifs is 1. The summed E-state index contributed by atoms with van der Waals surface area (Å²) in [6, 6.07) is 4.45. The molecule has 3 heterocycles. The highest BCUT2D eigenvalue weighted by atomic mass is 19.1. The molecular formula is C16H16FN5O2. The van der Waals surface area contributed by atoms with Crippen molar-refractivity contribution in [3.63, 3.8) is 0 Å². The van der Waals surface area contributed by atoms with Gasteiger partial charge in [-0.2, -0.15) is 10.1 Å². The van der Waals surface area contributed by atoms with Gasteiger partial charge in [-0.25, -0.2) is 4.39 Å². The quantitative estimate of drug-likeness (QED) is 0.769. The first kappa shape index (κ1) is 14.7. The Morgan fingerprint density at radius 2 is 2.33 bits per heavy atom. The number of carbonyl (C=O) groups excluding carboxylic acids is 1. The van der Waals surface area contributed by atoms with Gasteiger partial charge in [0.15, 0.2) is 11.4 Å². The van der Waals surface area contributed by atoms with E-state index in [0.29, 0.717) is 18.4 Å². The van der Waals surface area contributed by atoms with Crippen LogP contribution in [-0.4, -0.2) is 26.7 Å². The number of halogens is 1. The minimum Gasteiger partial charge on any atom is -0.423 e. The van der Waals surface area contributed by atoms with Gasteiger partial charge >= 0.3 is 0 Å². The fourth-order valence-electron chi connectivity index (χ4n) is 3.01. The van der Waals surface area contributed by atoms with E-state index in [1.54, 1.807) is 23.0 Å². The van der Waals surface area contributed by atoms with E-state index in [9.17, 15) is 9.18 Å². The molecule has 124 valence electrons. The molecule has 8 heteroatoms. The maximum atomic E-state index is 13.8. The molecular weight excluding hydrogens is 313 g/mol. The number of nitrogens with one attached hydrogen (secondary N) is 2. The average Bonchev–Trinajstić information content (AvgIpc) is 3.16. The van der Waals surface area contributed by atoms with Gasteiger partial charge in [-0.1, -0.05) is 6.07 Å². The van der Waals surface area contributed by atoms with E-state index >= 15 is 0 Å². The lowest BCUT2D eigenvalue weighted by Gasteiger charge is -2.31. The highest BCUT2D eigenvalue weighted by Gasteiger charge is 2.31. The molecule has 0 unspecified atom stereocenters. The van der Waals surface area contributed by atoms with Gasteiger partial charge in [-0.05, 0) is 18.6 Å². The third-order valence-electron chi connectivity index (χ3n) is 4.16. The van der Waals surface area contributed by atoms with Crippen molar-refractivity contribution in [2.75, 3.05) is 5.32 Å². The van der Waals surface area contributed by atoms with Crippen molar-refractivity contribution in [1.82, 2.24) is 20.1 Å². The molecule has 4 rings (SSSR count). The Morgan fingerprint density at radius 1 is 1.46 bits per heavy atom. The molecule has 1 aromatic carbocycles. The highest BCUT2D eigenvalue weighted by molar-refractivity contribution is 5.78. The molecule has 2 atom stereocenters. The van der Waals surface area contributed by atoms with E-state index in [1.165, 1.54) is 6.07 Å². The largest absolute Gasteiger partial charge is 0.423 e. The lowest BCUT2D eigenvalue weighted by atomic mass is 9.94. The van der Waals surface area contributed by atoms with Crippen molar-refractivity contribution < 1.29 is 13.6 Å². The number of aromatic nitrogens is 3. The summed E-state index contributed by atoms with van der Waals surface area (Å²) < 4.78 is 21.0. The Morgan fingerprint density at radius 3 is 3.08 bits per heavy atom. The molecule has 1 aliphatic rings. The number of oxazole rings is 1. The van der Waals surface area contributed by atoms with Crippen molar-refractivity contribution in [2.24, 2.45) is 7.05 Å². The van der Waals surface area contributed by atoms with Crippen molar-refractivity contribution in [2.45, 2.75) is 24.9 Å². The van der Waals surface area contributed by atoms with Gasteiger partial charge in [0, 0.05) is 25.2 Å². The van der Waals surface area contributed by atoms with Gasteiger partial charge in [-0.15, -0.1) is 0 Å². The maximum absolute atomic E-state index is 13.8. The van der Waals surface area contributed by atoms with E-state index in [4.69, 9.17) is 4.42 Å². The molecule has 2 N–H and O–H groups in total. The maximum Gasteiger partial charge on any atom is 0.296 e. The van der Waals surface area contributed by atoms with Gasteiger partial charge in [0.2, 0.25) is 5.91 Å². The minimum atomic E-state index is -0.426. The monoisotopic (exact) mass is 329 g/mol. The Balaban J connectivity index is 1.62. The second-order valence-electron chi connectivity index (χ2n) is 5.89. The van der Waals surface area contributed by atoms with E-state index < -0.39 is 5.82 Å². The summed E-state index contributed by atoms with van der Waals surface area (Å²) in [5.41, 5.74) is 1.47. The molecule has 0 radical (unpaired) electrons. The number of para-hydroxylation sites is 1. The van der Waals surface area contributed by atoms with E-state index in [1.807, 2.05) is 13.2 Å². The molecule has 1 saturated heterocycles. The van der Waals surface area contributed by atoms with Crippen molar-refractivity contribution in [3.05, 3.63) is 42.0 Å². The summed E-state index contributed by atoms with van der Waals surface area (Å²) in [5, 5.41) is 10.3. The Hall–Kier alpha value is -2.90. The number of hydrogen-bond acceptors (Lipinski definition) is 5. The minimum absolute atomic E-state index is 0.00878. The number of amides is 1. The molecule has 0 aliphatic carbocycles. The molecule has 1 fully saturated rings. The molecule has 0 saturated carbocycles. The van der Waals surface area contributed by atoms with Crippen molar-refractivity contribution in [3.8, 4) is 0 Å². The number of aryl methyl sites for hydroxylation is 1. The fourth-order valence-corrected chi connectivity index (χ4v) is 3.01. The molecule has 1 amide bonds. The third kappa shape index (κ3) is 2.60. The fraction of sp³-hybridized carbons (Fsp3) is 0.312. The number of rotatable bonds is 3. The van der Waals surface area contributed by atoms with Crippen LogP contribution in [0.15, 0.2) is 35.0 Å². The van der Waals surface area contributed by atoms with Crippen LogP contribution in [-0.2, 0) is 11.8 Å². The molecule has 0 spiro atoms. The van der Waals surface area contributed by atoms with Crippen molar-refractivity contribution in [1.29, 1.82) is 0 Å². The smallest absolute Gasteiger partial charge is 0.296 e. The first-order chi connectivity index (χ1) is 11.6. The van der Waals surface area contributed by atoms with Gasteiger partial charge in [0.25, 0.3) is 6.01 Å². The highest BCUT2D eigenvalue weighted by Crippen LogP contribution is 2.28. The Kier molecular flexibility index (Phi) is 3.44. The third-order valence-corrected chi connectivity index (χ3v) is 4.16. The predicted octanol–water partition coefficient (Wildman–Crippen LogP) is 2.13. The van der Waals surface area contributed by atoms with Crippen LogP contribution < -0.4 is 10.6 Å².